The molecule has 0 saturated heterocycles. The Hall–Kier alpha value is -2.17. The number of carbonyl (C=O) groups is 1. The number of benzene rings is 1. The van der Waals surface area contributed by atoms with Gasteiger partial charge in [0.1, 0.15) is 5.60 Å². The van der Waals surface area contributed by atoms with Crippen molar-refractivity contribution in [3.63, 3.8) is 0 Å². The maximum absolute atomic E-state index is 12.1. The Kier molecular flexibility index (Phi) is 6.45. The van der Waals surface area contributed by atoms with Gasteiger partial charge >= 0.3 is 16.4 Å². The van der Waals surface area contributed by atoms with Crippen molar-refractivity contribution >= 4 is 39.1 Å². The second kappa shape index (κ2) is 8.24. The van der Waals surface area contributed by atoms with Gasteiger partial charge in [-0.05, 0) is 39.8 Å². The summed E-state index contributed by atoms with van der Waals surface area (Å²) in [5.41, 5.74) is 0.366. The predicted octanol–water partition coefficient (Wildman–Crippen LogP) is 3.65. The minimum absolute atomic E-state index is 0.0327. The van der Waals surface area contributed by atoms with Gasteiger partial charge in [0.25, 0.3) is 0 Å². The van der Waals surface area contributed by atoms with Crippen LogP contribution in [0.3, 0.4) is 0 Å². The molecule has 1 amide bonds. The molecule has 2 aromatic rings. The molecule has 0 saturated carbocycles. The lowest BCUT2D eigenvalue weighted by molar-refractivity contribution is 0.0636. The standard InChI is InChI=1S/C17H23N3O5S2/c1-12-18-13(11-26-12)9-10-20(27(22,23)24)15-8-6-5-7-14(15)19-16(21)25-17(2,3)4/h5-8,11H,9-10H2,1-4H3,(H,19,21)(H,22,23,24). The summed E-state index contributed by atoms with van der Waals surface area (Å²) < 4.78 is 39.6. The van der Waals surface area contributed by atoms with E-state index >= 15 is 0 Å². The smallest absolute Gasteiger partial charge is 0.412 e. The number of carbonyl (C=O) groups excluding carboxylic acids is 1. The number of thiazole rings is 1. The maximum atomic E-state index is 12.1. The Morgan fingerprint density at radius 1 is 1.33 bits per heavy atom. The van der Waals surface area contributed by atoms with Crippen LogP contribution in [0.25, 0.3) is 0 Å². The second-order valence-electron chi connectivity index (χ2n) is 6.80. The highest BCUT2D eigenvalue weighted by molar-refractivity contribution is 7.87. The first-order valence-electron chi connectivity index (χ1n) is 8.21. The molecule has 0 atom stereocenters. The predicted molar refractivity (Wildman–Crippen MR) is 106 cm³/mol. The van der Waals surface area contributed by atoms with E-state index in [9.17, 15) is 17.8 Å². The molecule has 0 radical (unpaired) electrons. The third-order valence-electron chi connectivity index (χ3n) is 3.32. The molecular weight excluding hydrogens is 390 g/mol. The van der Waals surface area contributed by atoms with Crippen LogP contribution < -0.4 is 9.62 Å². The molecule has 0 aliphatic carbocycles. The molecule has 2 N–H and O–H groups in total. The van der Waals surface area contributed by atoms with Gasteiger partial charge in [0.05, 0.1) is 22.1 Å². The van der Waals surface area contributed by atoms with E-state index in [1.54, 1.807) is 32.9 Å². The van der Waals surface area contributed by atoms with Crippen molar-refractivity contribution in [1.82, 2.24) is 4.98 Å². The van der Waals surface area contributed by atoms with Gasteiger partial charge in [0, 0.05) is 18.3 Å². The molecule has 2 rings (SSSR count). The molecule has 1 aromatic heterocycles. The SMILES string of the molecule is Cc1nc(CCN(c2ccccc2NC(=O)OC(C)(C)C)S(=O)(=O)O)cs1. The van der Waals surface area contributed by atoms with Crippen LogP contribution in [0.5, 0.6) is 0 Å². The van der Waals surface area contributed by atoms with E-state index in [0.29, 0.717) is 6.42 Å². The number of anilines is 2. The number of para-hydroxylation sites is 2. The number of aryl methyl sites for hydroxylation is 1. The van der Waals surface area contributed by atoms with Gasteiger partial charge in [-0.1, -0.05) is 12.1 Å². The van der Waals surface area contributed by atoms with Gasteiger partial charge in [0.15, 0.2) is 0 Å². The molecule has 1 heterocycles. The number of amides is 1. The van der Waals surface area contributed by atoms with E-state index in [1.165, 1.54) is 23.5 Å². The van der Waals surface area contributed by atoms with Gasteiger partial charge in [-0.15, -0.1) is 11.3 Å². The van der Waals surface area contributed by atoms with E-state index in [0.717, 1.165) is 15.0 Å². The number of nitrogens with one attached hydrogen (secondary N) is 1. The van der Waals surface area contributed by atoms with Gasteiger partial charge in [0.2, 0.25) is 0 Å². The first kappa shape index (κ1) is 21.1. The molecule has 0 bridgehead atoms. The molecule has 0 aliphatic rings. The highest BCUT2D eigenvalue weighted by Crippen LogP contribution is 2.28. The molecule has 27 heavy (non-hydrogen) atoms. The zero-order chi connectivity index (χ0) is 20.2. The molecular formula is C17H23N3O5S2. The van der Waals surface area contributed by atoms with Crippen LogP contribution in [0.1, 0.15) is 31.5 Å². The summed E-state index contributed by atoms with van der Waals surface area (Å²) in [5, 5.41) is 5.24. The summed E-state index contributed by atoms with van der Waals surface area (Å²) in [4.78, 5) is 16.4. The Morgan fingerprint density at radius 3 is 2.56 bits per heavy atom. The van der Waals surface area contributed by atoms with Gasteiger partial charge in [-0.3, -0.25) is 9.87 Å². The number of aromatic nitrogens is 1. The van der Waals surface area contributed by atoms with E-state index in [2.05, 4.69) is 10.3 Å². The number of hydrogen-bond acceptors (Lipinski definition) is 6. The van der Waals surface area contributed by atoms with E-state index < -0.39 is 22.0 Å². The second-order valence-corrected chi connectivity index (χ2v) is 9.20. The quantitative estimate of drug-likeness (QED) is 0.700. The Bertz CT molecular complexity index is 903. The van der Waals surface area contributed by atoms with Crippen LogP contribution >= 0.6 is 11.3 Å². The monoisotopic (exact) mass is 413 g/mol. The van der Waals surface area contributed by atoms with Crippen molar-refractivity contribution < 1.29 is 22.5 Å². The molecule has 0 spiro atoms. The third kappa shape index (κ3) is 6.49. The number of rotatable bonds is 6. The van der Waals surface area contributed by atoms with Crippen LogP contribution in [0, 0.1) is 6.92 Å². The van der Waals surface area contributed by atoms with Crippen molar-refractivity contribution in [1.29, 1.82) is 0 Å². The van der Waals surface area contributed by atoms with Crippen LogP contribution in [0.15, 0.2) is 29.6 Å². The zero-order valence-corrected chi connectivity index (χ0v) is 17.2. The molecule has 148 valence electrons. The average molecular weight is 414 g/mol. The summed E-state index contributed by atoms with van der Waals surface area (Å²) in [6.45, 7) is 6.99. The fourth-order valence-corrected chi connectivity index (χ4v) is 3.69. The fourth-order valence-electron chi connectivity index (χ4n) is 2.31. The highest BCUT2D eigenvalue weighted by atomic mass is 32.2. The van der Waals surface area contributed by atoms with Crippen LogP contribution in [-0.4, -0.2) is 36.2 Å². The largest absolute Gasteiger partial charge is 0.444 e. The molecule has 0 fully saturated rings. The van der Waals surface area contributed by atoms with Gasteiger partial charge < -0.3 is 4.74 Å². The third-order valence-corrected chi connectivity index (χ3v) is 5.08. The van der Waals surface area contributed by atoms with Crippen molar-refractivity contribution in [2.75, 3.05) is 16.2 Å². The normalized spacial score (nSPS) is 11.9. The van der Waals surface area contributed by atoms with Crippen molar-refractivity contribution in [2.24, 2.45) is 0 Å². The van der Waals surface area contributed by atoms with E-state index in [1.807, 2.05) is 12.3 Å². The lowest BCUT2D eigenvalue weighted by atomic mass is 10.2. The van der Waals surface area contributed by atoms with E-state index in [4.69, 9.17) is 4.74 Å². The number of hydrogen-bond donors (Lipinski definition) is 2. The maximum Gasteiger partial charge on any atom is 0.412 e. The summed E-state index contributed by atoms with van der Waals surface area (Å²) in [6, 6.07) is 6.28. The molecule has 8 nitrogen and oxygen atoms in total. The van der Waals surface area contributed by atoms with Crippen LogP contribution in [-0.2, 0) is 21.5 Å². The number of nitrogens with zero attached hydrogens (tertiary/aromatic N) is 2. The summed E-state index contributed by atoms with van der Waals surface area (Å²) in [7, 11) is -4.56. The molecule has 0 aliphatic heterocycles. The minimum Gasteiger partial charge on any atom is -0.444 e. The highest BCUT2D eigenvalue weighted by Gasteiger charge is 2.24. The van der Waals surface area contributed by atoms with E-state index in [-0.39, 0.29) is 17.9 Å². The van der Waals surface area contributed by atoms with Gasteiger partial charge in [-0.2, -0.15) is 8.42 Å². The van der Waals surface area contributed by atoms with Crippen LogP contribution in [0.4, 0.5) is 16.2 Å². The van der Waals surface area contributed by atoms with Gasteiger partial charge in [-0.25, -0.2) is 14.1 Å². The fraction of sp³-hybridized carbons (Fsp3) is 0.412. The van der Waals surface area contributed by atoms with Crippen molar-refractivity contribution in [3.05, 3.63) is 40.3 Å². The first-order chi connectivity index (χ1) is 12.5. The Labute approximate surface area is 163 Å². The van der Waals surface area contributed by atoms with Crippen molar-refractivity contribution in [2.45, 2.75) is 39.7 Å². The number of ether oxygens (including phenoxy) is 1. The summed E-state index contributed by atoms with van der Waals surface area (Å²) in [5.74, 6) is 0. The summed E-state index contributed by atoms with van der Waals surface area (Å²) in [6.07, 6.45) is -0.411. The topological polar surface area (TPSA) is 109 Å². The lowest BCUT2D eigenvalue weighted by Gasteiger charge is -2.24. The van der Waals surface area contributed by atoms with Crippen molar-refractivity contribution in [3.8, 4) is 0 Å². The molecule has 1 aromatic carbocycles. The Morgan fingerprint density at radius 2 is 2.00 bits per heavy atom. The molecule has 10 heteroatoms. The average Bonchev–Trinajstić information content (AvgIpc) is 2.91. The Balaban J connectivity index is 2.26. The molecule has 0 unspecified atom stereocenters. The minimum atomic E-state index is -4.56. The lowest BCUT2D eigenvalue weighted by Crippen LogP contribution is -2.34. The first-order valence-corrected chi connectivity index (χ1v) is 10.5. The zero-order valence-electron chi connectivity index (χ0n) is 15.6. The van der Waals surface area contributed by atoms with Crippen LogP contribution in [0.2, 0.25) is 0 Å². The summed E-state index contributed by atoms with van der Waals surface area (Å²) >= 11 is 1.46.